The van der Waals surface area contributed by atoms with Crippen molar-refractivity contribution >= 4 is 5.97 Å². The van der Waals surface area contributed by atoms with Crippen LogP contribution in [0.5, 0.6) is 0 Å². The van der Waals surface area contributed by atoms with Crippen molar-refractivity contribution < 1.29 is 13.9 Å². The van der Waals surface area contributed by atoms with E-state index in [1.165, 1.54) is 26.4 Å². The van der Waals surface area contributed by atoms with Gasteiger partial charge in [-0.15, -0.1) is 0 Å². The van der Waals surface area contributed by atoms with Gasteiger partial charge in [-0.2, -0.15) is 0 Å². The van der Waals surface area contributed by atoms with Crippen molar-refractivity contribution in [3.63, 3.8) is 0 Å². The van der Waals surface area contributed by atoms with Gasteiger partial charge in [-0.25, -0.2) is 4.79 Å². The van der Waals surface area contributed by atoms with Gasteiger partial charge >= 0.3 is 5.97 Å². The fourth-order valence-corrected chi connectivity index (χ4v) is 3.14. The van der Waals surface area contributed by atoms with E-state index < -0.39 is 0 Å². The topological polar surface area (TPSA) is 42.7 Å². The average Bonchev–Trinajstić information content (AvgIpc) is 2.73. The fraction of sp³-hybridized carbons (Fsp3) is 0.706. The lowest BCUT2D eigenvalue weighted by atomic mass is 9.77. The van der Waals surface area contributed by atoms with Gasteiger partial charge in [0.15, 0.2) is 0 Å². The Hall–Kier alpha value is -1.29. The molecule has 1 aromatic heterocycles. The fourth-order valence-electron chi connectivity index (χ4n) is 3.14. The van der Waals surface area contributed by atoms with Gasteiger partial charge in [0.2, 0.25) is 0 Å². The van der Waals surface area contributed by atoms with Crippen molar-refractivity contribution in [1.82, 2.24) is 4.90 Å². The maximum atomic E-state index is 11.7. The second-order valence-corrected chi connectivity index (χ2v) is 7.02. The molecule has 1 fully saturated rings. The zero-order valence-electron chi connectivity index (χ0n) is 13.6. The van der Waals surface area contributed by atoms with E-state index in [2.05, 4.69) is 25.7 Å². The summed E-state index contributed by atoms with van der Waals surface area (Å²) in [7, 11) is 1.40. The summed E-state index contributed by atoms with van der Waals surface area (Å²) >= 11 is 0. The molecule has 0 aliphatic carbocycles. The summed E-state index contributed by atoms with van der Waals surface area (Å²) in [6.45, 7) is 9.80. The first-order chi connectivity index (χ1) is 9.91. The Morgan fingerprint density at radius 1 is 1.38 bits per heavy atom. The van der Waals surface area contributed by atoms with Gasteiger partial charge in [0.1, 0.15) is 11.3 Å². The van der Waals surface area contributed by atoms with E-state index >= 15 is 0 Å². The van der Waals surface area contributed by atoms with E-state index in [1.807, 2.05) is 0 Å². The number of esters is 1. The summed E-state index contributed by atoms with van der Waals surface area (Å²) in [5.41, 5.74) is 0.923. The van der Waals surface area contributed by atoms with E-state index in [4.69, 9.17) is 9.15 Å². The van der Waals surface area contributed by atoms with Crippen LogP contribution in [0.15, 0.2) is 16.7 Å². The highest BCUT2D eigenvalue weighted by atomic mass is 16.5. The van der Waals surface area contributed by atoms with Crippen molar-refractivity contribution in [1.29, 1.82) is 0 Å². The van der Waals surface area contributed by atoms with Crippen molar-refractivity contribution in [2.45, 2.75) is 46.6 Å². The van der Waals surface area contributed by atoms with Crippen LogP contribution in [0.25, 0.3) is 0 Å². The highest BCUT2D eigenvalue weighted by Crippen LogP contribution is 2.34. The molecule has 21 heavy (non-hydrogen) atoms. The number of hydrogen-bond acceptors (Lipinski definition) is 4. The molecular formula is C17H27NO3. The zero-order chi connectivity index (χ0) is 15.5. The largest absolute Gasteiger partial charge is 0.467 e. The number of rotatable bonds is 3. The predicted molar refractivity (Wildman–Crippen MR) is 82.1 cm³/mol. The Morgan fingerprint density at radius 2 is 2.14 bits per heavy atom. The quantitative estimate of drug-likeness (QED) is 0.797. The first kappa shape index (κ1) is 16.1. The smallest absolute Gasteiger partial charge is 0.341 e. The normalized spacial score (nSPS) is 21.0. The molecule has 0 radical (unpaired) electrons. The molecule has 0 bridgehead atoms. The van der Waals surface area contributed by atoms with Crippen molar-refractivity contribution in [3.8, 4) is 0 Å². The monoisotopic (exact) mass is 293 g/mol. The predicted octanol–water partition coefficient (Wildman–Crippen LogP) is 3.71. The van der Waals surface area contributed by atoms with Crippen molar-refractivity contribution in [2.75, 3.05) is 20.2 Å². The number of carbonyl (C=O) groups excluding carboxylic acids is 1. The molecule has 2 heterocycles. The molecule has 118 valence electrons. The summed E-state index contributed by atoms with van der Waals surface area (Å²) in [6.07, 6.45) is 5.26. The average molecular weight is 293 g/mol. The maximum absolute atomic E-state index is 11.7. The maximum Gasteiger partial charge on any atom is 0.341 e. The van der Waals surface area contributed by atoms with Crippen LogP contribution >= 0.6 is 0 Å². The van der Waals surface area contributed by atoms with Crippen LogP contribution in [0.4, 0.5) is 0 Å². The molecule has 0 saturated carbocycles. The number of carbonyl (C=O) groups is 1. The van der Waals surface area contributed by atoms with Gasteiger partial charge < -0.3 is 9.15 Å². The summed E-state index contributed by atoms with van der Waals surface area (Å²) in [5.74, 6) is 1.16. The molecule has 0 amide bonds. The molecule has 1 saturated heterocycles. The molecule has 1 aliphatic heterocycles. The van der Waals surface area contributed by atoms with E-state index in [0.717, 1.165) is 24.8 Å². The minimum atomic E-state index is -0.318. The van der Waals surface area contributed by atoms with Gasteiger partial charge in [0.05, 0.1) is 19.9 Å². The van der Waals surface area contributed by atoms with Crippen LogP contribution in [0.1, 0.15) is 56.2 Å². The van der Waals surface area contributed by atoms with Gasteiger partial charge in [-0.05, 0) is 49.8 Å². The lowest BCUT2D eigenvalue weighted by Crippen LogP contribution is -2.26. The molecule has 1 atom stereocenters. The van der Waals surface area contributed by atoms with Crippen LogP contribution in [0, 0.1) is 11.3 Å². The Bertz CT molecular complexity index is 473. The number of furan rings is 1. The Kier molecular flexibility index (Phi) is 5.09. The van der Waals surface area contributed by atoms with Crippen LogP contribution in [0.3, 0.4) is 0 Å². The molecule has 4 nitrogen and oxygen atoms in total. The third-order valence-electron chi connectivity index (χ3n) is 4.56. The number of hydrogen-bond donors (Lipinski definition) is 0. The summed E-state index contributed by atoms with van der Waals surface area (Å²) in [5, 5.41) is 0. The molecule has 1 aliphatic rings. The van der Waals surface area contributed by atoms with Gasteiger partial charge in [-0.1, -0.05) is 20.8 Å². The Morgan fingerprint density at radius 3 is 2.81 bits per heavy atom. The summed E-state index contributed by atoms with van der Waals surface area (Å²) in [6, 6.07) is 1.69. The third kappa shape index (κ3) is 4.10. The Balaban J connectivity index is 1.98. The van der Waals surface area contributed by atoms with E-state index in [0.29, 0.717) is 17.5 Å². The lowest BCUT2D eigenvalue weighted by molar-refractivity contribution is 0.0596. The molecule has 1 unspecified atom stereocenters. The van der Waals surface area contributed by atoms with Crippen LogP contribution < -0.4 is 0 Å². The van der Waals surface area contributed by atoms with Crippen LogP contribution in [-0.4, -0.2) is 31.1 Å². The lowest BCUT2D eigenvalue weighted by Gasteiger charge is -2.29. The second-order valence-electron chi connectivity index (χ2n) is 7.02. The van der Waals surface area contributed by atoms with Crippen LogP contribution in [0.2, 0.25) is 0 Å². The van der Waals surface area contributed by atoms with Gasteiger partial charge in [0.25, 0.3) is 0 Å². The Labute approximate surface area is 127 Å². The molecular weight excluding hydrogens is 266 g/mol. The molecule has 0 N–H and O–H groups in total. The molecule has 2 rings (SSSR count). The zero-order valence-corrected chi connectivity index (χ0v) is 13.6. The first-order valence-corrected chi connectivity index (χ1v) is 7.79. The standard InChI is InChI=1S/C17H27NO3/c1-17(2,3)13-6-5-9-18(10-7-13)12-15-14(8-11-21-15)16(19)20-4/h8,11,13H,5-7,9-10,12H2,1-4H3. The summed E-state index contributed by atoms with van der Waals surface area (Å²) in [4.78, 5) is 14.1. The van der Waals surface area contributed by atoms with Gasteiger partial charge in [-0.3, -0.25) is 4.90 Å². The second kappa shape index (κ2) is 6.65. The third-order valence-corrected chi connectivity index (χ3v) is 4.56. The minimum Gasteiger partial charge on any atom is -0.467 e. The summed E-state index contributed by atoms with van der Waals surface area (Å²) < 4.78 is 10.3. The molecule has 0 aromatic carbocycles. The first-order valence-electron chi connectivity index (χ1n) is 7.79. The SMILES string of the molecule is COC(=O)c1ccoc1CN1CCCC(C(C)(C)C)CC1. The number of ether oxygens (including phenoxy) is 1. The number of likely N-dealkylation sites (tertiary alicyclic amines) is 1. The molecule has 1 aromatic rings. The molecule has 4 heteroatoms. The number of methoxy groups -OCH3 is 1. The van der Waals surface area contributed by atoms with Crippen molar-refractivity contribution in [2.24, 2.45) is 11.3 Å². The highest BCUT2D eigenvalue weighted by molar-refractivity contribution is 5.90. The van der Waals surface area contributed by atoms with E-state index in [9.17, 15) is 4.79 Å². The molecule has 0 spiro atoms. The van der Waals surface area contributed by atoms with Crippen molar-refractivity contribution in [3.05, 3.63) is 23.7 Å². The minimum absolute atomic E-state index is 0.318. The van der Waals surface area contributed by atoms with Gasteiger partial charge in [0, 0.05) is 0 Å². The van der Waals surface area contributed by atoms with E-state index in [-0.39, 0.29) is 5.97 Å². The highest BCUT2D eigenvalue weighted by Gasteiger charge is 2.27. The van der Waals surface area contributed by atoms with E-state index in [1.54, 1.807) is 12.3 Å². The number of nitrogens with zero attached hydrogens (tertiary/aromatic N) is 1. The van der Waals surface area contributed by atoms with Crippen LogP contribution in [-0.2, 0) is 11.3 Å².